The lowest BCUT2D eigenvalue weighted by atomic mass is 9.78. The predicted octanol–water partition coefficient (Wildman–Crippen LogP) is 2.23. The van der Waals surface area contributed by atoms with E-state index < -0.39 is 73.7 Å². The number of ketones is 1. The van der Waals surface area contributed by atoms with Crippen LogP contribution < -0.4 is 21.3 Å². The first-order chi connectivity index (χ1) is 22.4. The molecule has 4 N–H and O–H groups in total. The molecule has 13 heteroatoms. The summed E-state index contributed by atoms with van der Waals surface area (Å²) in [6.07, 6.45) is 11.8. The number of carbonyl (C=O) groups excluding carboxylic acids is 5. The van der Waals surface area contributed by atoms with Gasteiger partial charge in [-0.05, 0) is 54.8 Å². The number of piperidine rings is 1. The van der Waals surface area contributed by atoms with E-state index in [1.54, 1.807) is 0 Å². The van der Waals surface area contributed by atoms with E-state index in [4.69, 9.17) is 6.42 Å². The highest BCUT2D eigenvalue weighted by Crippen LogP contribution is 2.65. The van der Waals surface area contributed by atoms with E-state index in [-0.39, 0.29) is 48.9 Å². The first-order valence-corrected chi connectivity index (χ1v) is 18.9. The Morgan fingerprint density at radius 1 is 1.06 bits per heavy atom. The van der Waals surface area contributed by atoms with Crippen molar-refractivity contribution in [2.75, 3.05) is 18.8 Å². The first kappa shape index (κ1) is 37.4. The predicted molar refractivity (Wildman–Crippen MR) is 182 cm³/mol. The number of nitrogens with one attached hydrogen (secondary N) is 4. The van der Waals surface area contributed by atoms with Crippen LogP contribution in [0.15, 0.2) is 12.7 Å². The second-order valence-electron chi connectivity index (χ2n) is 15.7. The standard InChI is InChI=1S/C35H53N5O7S/c1-8-10-15-23(27(41)30(43)36-19-9-2)37-29(42)26-25-22(34(25,6)7)21-40(26)31(44)28(33(3,4)5)38-32(45)39-35(17-12-11-13-18-35)24-16-14-20-48(24,46)47/h1,9,22-26,28H,2,10-21H2,3-7H3,(H,36,43)(H,37,42)(H2,38,39,45)/t22-,23?,24?,25-,26-,28+/m0/s1. The molecule has 266 valence electrons. The largest absolute Gasteiger partial charge is 0.346 e. The fourth-order valence-electron chi connectivity index (χ4n) is 8.31. The summed E-state index contributed by atoms with van der Waals surface area (Å²) in [5.41, 5.74) is -1.91. The van der Waals surface area contributed by atoms with Crippen molar-refractivity contribution >= 4 is 39.4 Å². The van der Waals surface area contributed by atoms with Gasteiger partial charge in [-0.2, -0.15) is 0 Å². The van der Waals surface area contributed by atoms with Crippen molar-refractivity contribution in [3.05, 3.63) is 12.7 Å². The van der Waals surface area contributed by atoms with E-state index in [1.807, 2.05) is 34.6 Å². The normalized spacial score (nSPS) is 27.7. The van der Waals surface area contributed by atoms with Crippen LogP contribution in [0.5, 0.6) is 0 Å². The number of carbonyl (C=O) groups is 5. The van der Waals surface area contributed by atoms with Crippen LogP contribution in [0.25, 0.3) is 0 Å². The van der Waals surface area contributed by atoms with Crippen molar-refractivity contribution in [1.29, 1.82) is 0 Å². The van der Waals surface area contributed by atoms with E-state index in [1.165, 1.54) is 11.0 Å². The Labute approximate surface area is 285 Å². The third-order valence-electron chi connectivity index (χ3n) is 11.0. The number of likely N-dealkylation sites (tertiary alicyclic amines) is 1. The van der Waals surface area contributed by atoms with Gasteiger partial charge in [-0.25, -0.2) is 13.2 Å². The second-order valence-corrected chi connectivity index (χ2v) is 18.0. The number of terminal acetylenes is 1. The molecule has 6 atom stereocenters. The Bertz CT molecular complexity index is 1450. The molecule has 0 bridgehead atoms. The van der Waals surface area contributed by atoms with E-state index in [2.05, 4.69) is 33.8 Å². The minimum Gasteiger partial charge on any atom is -0.346 e. The lowest BCUT2D eigenvalue weighted by Crippen LogP contribution is -2.65. The van der Waals surface area contributed by atoms with Crippen LogP contribution in [0, 0.1) is 35.0 Å². The van der Waals surface area contributed by atoms with E-state index in [0.717, 1.165) is 19.3 Å². The average Bonchev–Trinajstić information content (AvgIpc) is 3.33. The number of hydrogen-bond acceptors (Lipinski definition) is 7. The topological polar surface area (TPSA) is 171 Å². The summed E-state index contributed by atoms with van der Waals surface area (Å²) in [5, 5.41) is 10.4. The molecule has 0 aromatic rings. The summed E-state index contributed by atoms with van der Waals surface area (Å²) in [7, 11) is -3.37. The third-order valence-corrected chi connectivity index (χ3v) is 13.5. The fraction of sp³-hybridized carbons (Fsp3) is 0.743. The molecule has 4 aliphatic rings. The minimum absolute atomic E-state index is 0.0282. The monoisotopic (exact) mass is 687 g/mol. The van der Waals surface area contributed by atoms with Gasteiger partial charge >= 0.3 is 6.03 Å². The van der Waals surface area contributed by atoms with Crippen LogP contribution in [0.2, 0.25) is 0 Å². The van der Waals surface area contributed by atoms with Crippen molar-refractivity contribution < 1.29 is 32.4 Å². The summed E-state index contributed by atoms with van der Waals surface area (Å²) in [6.45, 7) is 13.4. The Morgan fingerprint density at radius 2 is 1.73 bits per heavy atom. The van der Waals surface area contributed by atoms with Gasteiger partial charge in [-0.1, -0.05) is 60.0 Å². The van der Waals surface area contributed by atoms with Crippen LogP contribution >= 0.6 is 0 Å². The number of fused-ring (bicyclic) bond motifs is 1. The van der Waals surface area contributed by atoms with E-state index >= 15 is 0 Å². The zero-order chi connectivity index (χ0) is 35.7. The molecule has 0 aromatic heterocycles. The highest BCUT2D eigenvalue weighted by atomic mass is 32.2. The SMILES string of the molecule is C#CCCC(NC(=O)[C@@H]1[C@@H]2[C@H](CN1C(=O)[C@@H](NC(=O)NC1(C3CCCS3(=O)=O)CCCCC1)C(C)(C)C)C2(C)C)C(=O)C(=O)NCC=C. The fourth-order valence-corrected chi connectivity index (χ4v) is 10.7. The van der Waals surface area contributed by atoms with Gasteiger partial charge in [-0.3, -0.25) is 19.2 Å². The maximum atomic E-state index is 14.4. The van der Waals surface area contributed by atoms with Gasteiger partial charge < -0.3 is 26.2 Å². The minimum atomic E-state index is -3.37. The summed E-state index contributed by atoms with van der Waals surface area (Å²) >= 11 is 0. The molecular weight excluding hydrogens is 634 g/mol. The lowest BCUT2D eigenvalue weighted by molar-refractivity contribution is -0.145. The van der Waals surface area contributed by atoms with Gasteiger partial charge in [0.1, 0.15) is 12.1 Å². The molecule has 5 amide bonds. The highest BCUT2D eigenvalue weighted by molar-refractivity contribution is 7.92. The van der Waals surface area contributed by atoms with Gasteiger partial charge in [-0.15, -0.1) is 18.9 Å². The number of nitrogens with zero attached hydrogens (tertiary/aromatic N) is 1. The number of hydrogen-bond donors (Lipinski definition) is 4. The molecule has 0 spiro atoms. The molecule has 12 nitrogen and oxygen atoms in total. The molecule has 2 saturated carbocycles. The molecule has 2 aliphatic heterocycles. The first-order valence-electron chi connectivity index (χ1n) is 17.2. The van der Waals surface area contributed by atoms with Gasteiger partial charge in [0, 0.05) is 19.5 Å². The zero-order valence-electron chi connectivity index (χ0n) is 29.0. The summed E-state index contributed by atoms with van der Waals surface area (Å²) in [5.74, 6) is -0.316. The highest BCUT2D eigenvalue weighted by Gasteiger charge is 2.70. The van der Waals surface area contributed by atoms with E-state index in [9.17, 15) is 32.4 Å². The Balaban J connectivity index is 1.56. The molecule has 2 aliphatic carbocycles. The molecule has 4 fully saturated rings. The van der Waals surface area contributed by atoms with Crippen molar-refractivity contribution in [3.63, 3.8) is 0 Å². The molecule has 4 rings (SSSR count). The molecule has 2 unspecified atom stereocenters. The Kier molecular flexibility index (Phi) is 11.1. The molecular formula is C35H53N5O7S. The van der Waals surface area contributed by atoms with Gasteiger partial charge in [0.05, 0.1) is 22.6 Å². The third kappa shape index (κ3) is 7.58. The van der Waals surface area contributed by atoms with Crippen LogP contribution in [0.4, 0.5) is 4.79 Å². The van der Waals surface area contributed by atoms with Crippen molar-refractivity contribution in [1.82, 2.24) is 26.2 Å². The number of urea groups is 1. The van der Waals surface area contributed by atoms with Crippen molar-refractivity contribution in [3.8, 4) is 12.3 Å². The quantitative estimate of drug-likeness (QED) is 0.139. The number of sulfone groups is 1. The van der Waals surface area contributed by atoms with Crippen molar-refractivity contribution in [2.45, 2.75) is 121 Å². The summed E-state index contributed by atoms with van der Waals surface area (Å²) in [6, 6.07) is -3.77. The lowest BCUT2D eigenvalue weighted by Gasteiger charge is -2.43. The molecule has 48 heavy (non-hydrogen) atoms. The van der Waals surface area contributed by atoms with Crippen molar-refractivity contribution in [2.24, 2.45) is 22.7 Å². The Hall–Kier alpha value is -3.40. The molecule has 0 radical (unpaired) electrons. The number of amides is 5. The number of rotatable bonds is 12. The van der Waals surface area contributed by atoms with Gasteiger partial charge in [0.2, 0.25) is 17.6 Å². The average molecular weight is 688 g/mol. The van der Waals surface area contributed by atoms with Crippen LogP contribution in [-0.4, -0.2) is 90.6 Å². The molecule has 2 heterocycles. The summed E-state index contributed by atoms with van der Waals surface area (Å²) in [4.78, 5) is 69.2. The number of Topliss-reactive ketones (excluding diaryl/α,β-unsaturated/α-hetero) is 1. The maximum Gasteiger partial charge on any atom is 0.315 e. The molecule has 2 saturated heterocycles. The van der Waals surface area contributed by atoms with Crippen LogP contribution in [0.1, 0.15) is 92.4 Å². The second kappa shape index (κ2) is 14.2. The van der Waals surface area contributed by atoms with Gasteiger partial charge in [0.25, 0.3) is 5.91 Å². The van der Waals surface area contributed by atoms with Gasteiger partial charge in [0.15, 0.2) is 9.84 Å². The van der Waals surface area contributed by atoms with E-state index in [0.29, 0.717) is 25.7 Å². The van der Waals surface area contributed by atoms with Crippen LogP contribution in [0.3, 0.4) is 0 Å². The maximum absolute atomic E-state index is 14.4. The zero-order valence-corrected chi connectivity index (χ0v) is 29.8. The van der Waals surface area contributed by atoms with Crippen LogP contribution in [-0.2, 0) is 29.0 Å². The Morgan fingerprint density at radius 3 is 2.29 bits per heavy atom. The molecule has 0 aromatic carbocycles. The summed E-state index contributed by atoms with van der Waals surface area (Å²) < 4.78 is 26.1. The smallest absolute Gasteiger partial charge is 0.315 e.